The smallest absolute Gasteiger partial charge is 0.317 e. The Labute approximate surface area is 163 Å². The van der Waals surface area contributed by atoms with Crippen LogP contribution in [0.1, 0.15) is 39.2 Å². The zero-order valence-electron chi connectivity index (χ0n) is 16.9. The van der Waals surface area contributed by atoms with Gasteiger partial charge in [0.15, 0.2) is 0 Å². The van der Waals surface area contributed by atoms with E-state index in [-0.39, 0.29) is 6.54 Å². The molecule has 0 bridgehead atoms. The van der Waals surface area contributed by atoms with Gasteiger partial charge in [0.1, 0.15) is 0 Å². The molecule has 0 unspecified atom stereocenters. The minimum atomic E-state index is -0.809. The molecule has 146 valence electrons. The van der Waals surface area contributed by atoms with Crippen molar-refractivity contribution in [3.05, 3.63) is 66.5 Å². The van der Waals surface area contributed by atoms with Crippen molar-refractivity contribution in [3.63, 3.8) is 0 Å². The first-order valence-electron chi connectivity index (χ1n) is 9.45. The van der Waals surface area contributed by atoms with Crippen LogP contribution in [0.4, 0.5) is 0 Å². The second-order valence-electron chi connectivity index (χ2n) is 6.48. The first-order valence-corrected chi connectivity index (χ1v) is 9.45. The van der Waals surface area contributed by atoms with Crippen LogP contribution in [0.2, 0.25) is 0 Å². The fourth-order valence-electron chi connectivity index (χ4n) is 2.51. The third-order valence-corrected chi connectivity index (χ3v) is 3.81. The summed E-state index contributed by atoms with van der Waals surface area (Å²) < 4.78 is 0. The van der Waals surface area contributed by atoms with Crippen LogP contribution < -0.4 is 0 Å². The van der Waals surface area contributed by atoms with E-state index in [2.05, 4.69) is 55.2 Å². The molecule has 0 saturated heterocycles. The van der Waals surface area contributed by atoms with Crippen molar-refractivity contribution in [1.29, 1.82) is 0 Å². The second-order valence-corrected chi connectivity index (χ2v) is 6.48. The van der Waals surface area contributed by atoms with Gasteiger partial charge in [-0.2, -0.15) is 0 Å². The van der Waals surface area contributed by atoms with Crippen molar-refractivity contribution in [2.24, 2.45) is 0 Å². The molecule has 2 aromatic rings. The Morgan fingerprint density at radius 2 is 1.81 bits per heavy atom. The summed E-state index contributed by atoms with van der Waals surface area (Å²) in [6, 6.07) is 10.5. The van der Waals surface area contributed by atoms with Crippen molar-refractivity contribution in [3.8, 4) is 11.1 Å². The summed E-state index contributed by atoms with van der Waals surface area (Å²) in [5.74, 6) is -0.809. The normalized spacial score (nSPS) is 11.5. The lowest BCUT2D eigenvalue weighted by atomic mass is 9.99. The highest BCUT2D eigenvalue weighted by atomic mass is 16.4. The highest BCUT2D eigenvalue weighted by Crippen LogP contribution is 2.24. The highest BCUT2D eigenvalue weighted by molar-refractivity contribution is 5.71. The van der Waals surface area contributed by atoms with E-state index >= 15 is 0 Å². The summed E-state index contributed by atoms with van der Waals surface area (Å²) in [6.45, 7) is 6.90. The molecule has 0 aliphatic rings. The Bertz CT molecular complexity index is 713. The average Bonchev–Trinajstić information content (AvgIpc) is 3.17. The molecule has 0 atom stereocenters. The van der Waals surface area contributed by atoms with E-state index in [1.807, 2.05) is 38.5 Å². The first-order chi connectivity index (χ1) is 13.0. The van der Waals surface area contributed by atoms with Gasteiger partial charge in [0.2, 0.25) is 0 Å². The fraction of sp³-hybridized carbons (Fsp3) is 0.348. The molecule has 4 heteroatoms. The number of aromatic nitrogens is 1. The number of likely N-dealkylation sites (N-methyl/N-ethyl adjacent to an activating group) is 1. The van der Waals surface area contributed by atoms with Crippen LogP contribution in [0, 0.1) is 0 Å². The molecular formula is C23H32N2O2. The number of nitrogens with zero attached hydrogens (tertiary/aromatic N) is 1. The third-order valence-electron chi connectivity index (χ3n) is 3.81. The van der Waals surface area contributed by atoms with Crippen LogP contribution in [0.15, 0.2) is 61.0 Å². The number of allylic oxidation sites excluding steroid dienone is 3. The molecule has 0 radical (unpaired) electrons. The summed E-state index contributed by atoms with van der Waals surface area (Å²) in [5.41, 5.74) is 4.71. The average molecular weight is 369 g/mol. The molecule has 4 nitrogen and oxygen atoms in total. The van der Waals surface area contributed by atoms with Gasteiger partial charge in [0.05, 0.1) is 6.54 Å². The van der Waals surface area contributed by atoms with E-state index in [1.165, 1.54) is 23.1 Å². The summed E-state index contributed by atoms with van der Waals surface area (Å²) in [5, 5.41) is 8.85. The minimum absolute atomic E-state index is 0.0415. The second kappa shape index (κ2) is 12.7. The Hall–Kier alpha value is -2.59. The SMILES string of the molecule is C/C=C\C/C(=C\CN(C)CC(=O)O)c1ccc(-c2cc[nH]c2)cc1.CCC. The number of H-pyrrole nitrogens is 1. The molecule has 1 aromatic heterocycles. The van der Waals surface area contributed by atoms with Crippen molar-refractivity contribution in [2.75, 3.05) is 20.1 Å². The number of carboxylic acid groups (broad SMARTS) is 1. The maximum absolute atomic E-state index is 10.8. The molecule has 0 aliphatic carbocycles. The molecule has 27 heavy (non-hydrogen) atoms. The topological polar surface area (TPSA) is 56.3 Å². The van der Waals surface area contributed by atoms with E-state index < -0.39 is 5.97 Å². The predicted molar refractivity (Wildman–Crippen MR) is 115 cm³/mol. The van der Waals surface area contributed by atoms with Crippen molar-refractivity contribution >= 4 is 11.5 Å². The van der Waals surface area contributed by atoms with Gasteiger partial charge < -0.3 is 10.1 Å². The molecule has 0 saturated carbocycles. The summed E-state index contributed by atoms with van der Waals surface area (Å²) in [4.78, 5) is 15.6. The van der Waals surface area contributed by atoms with Gasteiger partial charge in [-0.1, -0.05) is 62.8 Å². The Balaban J connectivity index is 0.00000114. The maximum atomic E-state index is 10.8. The van der Waals surface area contributed by atoms with Crippen LogP contribution in [-0.4, -0.2) is 41.1 Å². The lowest BCUT2D eigenvalue weighted by Crippen LogP contribution is -2.25. The van der Waals surface area contributed by atoms with Crippen molar-refractivity contribution in [2.45, 2.75) is 33.6 Å². The van der Waals surface area contributed by atoms with Crippen LogP contribution in [-0.2, 0) is 4.79 Å². The standard InChI is InChI=1S/C20H24N2O2.C3H8/c1-3-4-5-16(11-13-22(2)15-20(23)24)17-6-8-18(9-7-17)19-10-12-21-14-19;1-3-2/h3-4,6-12,14,21H,5,13,15H2,1-2H3,(H,23,24);3H2,1-2H3/b4-3-,16-11+;. The molecule has 0 spiro atoms. The lowest BCUT2D eigenvalue weighted by molar-refractivity contribution is -0.137. The molecule has 1 aromatic carbocycles. The number of rotatable bonds is 8. The molecule has 0 amide bonds. The van der Waals surface area contributed by atoms with E-state index in [0.29, 0.717) is 6.54 Å². The maximum Gasteiger partial charge on any atom is 0.317 e. The number of carbonyl (C=O) groups is 1. The Kier molecular flexibility index (Phi) is 10.6. The zero-order valence-corrected chi connectivity index (χ0v) is 16.9. The van der Waals surface area contributed by atoms with Crippen molar-refractivity contribution < 1.29 is 9.90 Å². The number of nitrogens with one attached hydrogen (secondary N) is 1. The summed E-state index contributed by atoms with van der Waals surface area (Å²) >= 11 is 0. The first kappa shape index (κ1) is 22.5. The van der Waals surface area contributed by atoms with Gasteiger partial charge in [-0.25, -0.2) is 0 Å². The number of benzene rings is 1. The van der Waals surface area contributed by atoms with Gasteiger partial charge in [0.25, 0.3) is 0 Å². The fourth-order valence-corrected chi connectivity index (χ4v) is 2.51. The number of hydrogen-bond donors (Lipinski definition) is 2. The third kappa shape index (κ3) is 8.56. The molecule has 2 rings (SSSR count). The molecular weight excluding hydrogens is 336 g/mol. The van der Waals surface area contributed by atoms with E-state index in [9.17, 15) is 4.79 Å². The van der Waals surface area contributed by atoms with Crippen LogP contribution in [0.5, 0.6) is 0 Å². The number of hydrogen-bond acceptors (Lipinski definition) is 2. The summed E-state index contributed by atoms with van der Waals surface area (Å²) in [6.07, 6.45) is 12.2. The number of aliphatic carboxylic acids is 1. The monoisotopic (exact) mass is 368 g/mol. The zero-order chi connectivity index (χ0) is 20.1. The Morgan fingerprint density at radius 3 is 2.33 bits per heavy atom. The highest BCUT2D eigenvalue weighted by Gasteiger charge is 2.05. The van der Waals surface area contributed by atoms with Gasteiger partial charge in [-0.3, -0.25) is 9.69 Å². The number of aromatic amines is 1. The minimum Gasteiger partial charge on any atom is -0.480 e. The van der Waals surface area contributed by atoms with Gasteiger partial charge in [0, 0.05) is 18.9 Å². The quantitative estimate of drug-likeness (QED) is 0.608. The lowest BCUT2D eigenvalue weighted by Gasteiger charge is -2.13. The van der Waals surface area contributed by atoms with Crippen molar-refractivity contribution in [1.82, 2.24) is 9.88 Å². The van der Waals surface area contributed by atoms with Gasteiger partial charge in [-0.05, 0) is 48.7 Å². The summed E-state index contributed by atoms with van der Waals surface area (Å²) in [7, 11) is 1.81. The van der Waals surface area contributed by atoms with Crippen LogP contribution in [0.3, 0.4) is 0 Å². The van der Waals surface area contributed by atoms with Gasteiger partial charge in [-0.15, -0.1) is 0 Å². The van der Waals surface area contributed by atoms with Crippen LogP contribution >= 0.6 is 0 Å². The van der Waals surface area contributed by atoms with Gasteiger partial charge >= 0.3 is 5.97 Å². The molecule has 0 aliphatic heterocycles. The number of carboxylic acids is 1. The van der Waals surface area contributed by atoms with Crippen LogP contribution in [0.25, 0.3) is 16.7 Å². The Morgan fingerprint density at radius 1 is 1.15 bits per heavy atom. The largest absolute Gasteiger partial charge is 0.480 e. The molecule has 1 heterocycles. The molecule has 2 N–H and O–H groups in total. The molecule has 0 fully saturated rings. The van der Waals surface area contributed by atoms with E-state index in [1.54, 1.807) is 4.90 Å². The van der Waals surface area contributed by atoms with E-state index in [4.69, 9.17) is 5.11 Å². The predicted octanol–water partition coefficient (Wildman–Crippen LogP) is 5.46. The van der Waals surface area contributed by atoms with E-state index in [0.717, 1.165) is 12.0 Å².